The molecule has 1 fully saturated rings. The number of hydrogen-bond donors (Lipinski definition) is 6. The van der Waals surface area contributed by atoms with Crippen molar-refractivity contribution in [1.29, 1.82) is 0 Å². The third kappa shape index (κ3) is 9.69. The van der Waals surface area contributed by atoms with Crippen LogP contribution in [0.3, 0.4) is 0 Å². The fourth-order valence-corrected chi connectivity index (χ4v) is 7.08. The molecule has 0 unspecified atom stereocenters. The Kier molecular flexibility index (Phi) is 12.2. The summed E-state index contributed by atoms with van der Waals surface area (Å²) in [4.78, 5) is 42.6. The summed E-state index contributed by atoms with van der Waals surface area (Å²) in [7, 11) is 0. The van der Waals surface area contributed by atoms with Crippen molar-refractivity contribution in [2.24, 2.45) is 0 Å². The molecule has 1 atom stereocenters. The Bertz CT molecular complexity index is 2340. The van der Waals surface area contributed by atoms with Gasteiger partial charge >= 0.3 is 6.09 Å². The van der Waals surface area contributed by atoms with Crippen LogP contribution in [0.25, 0.3) is 22.0 Å². The molecule has 0 aliphatic carbocycles. The van der Waals surface area contributed by atoms with Gasteiger partial charge in [-0.05, 0) is 84.0 Å². The van der Waals surface area contributed by atoms with Crippen molar-refractivity contribution in [1.82, 2.24) is 15.2 Å². The van der Waals surface area contributed by atoms with E-state index in [1.54, 1.807) is 18.2 Å². The lowest BCUT2D eigenvalue weighted by Crippen LogP contribution is -2.39. The molecule has 5 aromatic carbocycles. The smallest absolute Gasteiger partial charge is 0.411 e. The van der Waals surface area contributed by atoms with Gasteiger partial charge in [-0.25, -0.2) is 4.79 Å². The Morgan fingerprint density at radius 2 is 1.59 bits per heavy atom. The van der Waals surface area contributed by atoms with E-state index in [9.17, 15) is 24.6 Å². The number of phenolic OH excluding ortho intramolecular Hbond substituents is 1. The molecular formula is C45H45N5O6. The van der Waals surface area contributed by atoms with Crippen LogP contribution in [-0.4, -0.2) is 64.4 Å². The quantitative estimate of drug-likeness (QED) is 0.0722. The molecule has 0 radical (unpaired) electrons. The number of nitrogens with one attached hydrogen (secondary N) is 4. The number of anilines is 2. The number of rotatable bonds is 13. The Hall–Kier alpha value is -6.27. The van der Waals surface area contributed by atoms with Gasteiger partial charge in [-0.2, -0.15) is 0 Å². The summed E-state index contributed by atoms with van der Waals surface area (Å²) in [5.41, 5.74) is 6.50. The Labute approximate surface area is 325 Å². The maximum absolute atomic E-state index is 13.1. The van der Waals surface area contributed by atoms with Crippen molar-refractivity contribution in [3.05, 3.63) is 160 Å². The number of nitrogens with zero attached hydrogens (tertiary/aromatic N) is 1. The molecule has 0 saturated carbocycles. The van der Waals surface area contributed by atoms with Crippen LogP contribution in [0.5, 0.6) is 5.75 Å². The Morgan fingerprint density at radius 3 is 2.39 bits per heavy atom. The predicted octanol–water partition coefficient (Wildman–Crippen LogP) is 7.23. The van der Waals surface area contributed by atoms with Crippen molar-refractivity contribution in [3.63, 3.8) is 0 Å². The fourth-order valence-electron chi connectivity index (χ4n) is 7.08. The lowest BCUT2D eigenvalue weighted by atomic mass is 10.0. The number of ether oxygens (including phenoxy) is 1. The number of phenols is 1. The number of benzene rings is 5. The van der Waals surface area contributed by atoms with Crippen LogP contribution in [-0.2, 0) is 17.7 Å². The lowest BCUT2D eigenvalue weighted by Gasteiger charge is -2.31. The number of amides is 2. The maximum atomic E-state index is 13.1. The number of aliphatic hydroxyl groups is 1. The number of H-pyrrole nitrogens is 1. The number of carbonyl (C=O) groups is 2. The molecule has 6 aromatic rings. The molecule has 6 N–H and O–H groups in total. The zero-order chi connectivity index (χ0) is 38.9. The molecule has 286 valence electrons. The molecule has 2 amide bonds. The molecule has 0 spiro atoms. The normalized spacial score (nSPS) is 13.9. The van der Waals surface area contributed by atoms with Crippen molar-refractivity contribution in [2.45, 2.75) is 38.0 Å². The summed E-state index contributed by atoms with van der Waals surface area (Å²) in [6.45, 7) is 3.23. The molecule has 7 rings (SSSR count). The monoisotopic (exact) mass is 751 g/mol. The average Bonchev–Trinajstić information content (AvgIpc) is 3.22. The van der Waals surface area contributed by atoms with Gasteiger partial charge in [0.2, 0.25) is 5.56 Å². The number of piperidine rings is 1. The molecule has 11 nitrogen and oxygen atoms in total. The molecule has 11 heteroatoms. The van der Waals surface area contributed by atoms with E-state index in [0.717, 1.165) is 61.3 Å². The molecular weight excluding hydrogens is 707 g/mol. The molecule has 0 bridgehead atoms. The number of hydrogen-bond acceptors (Lipinski definition) is 8. The number of fused-ring (bicyclic) bond motifs is 1. The zero-order valence-electron chi connectivity index (χ0n) is 30.9. The molecule has 56 heavy (non-hydrogen) atoms. The number of aliphatic hydroxyl groups excluding tert-OH is 1. The van der Waals surface area contributed by atoms with E-state index in [0.29, 0.717) is 28.7 Å². The Morgan fingerprint density at radius 1 is 0.821 bits per heavy atom. The first-order valence-electron chi connectivity index (χ1n) is 18.9. The standard InChI is InChI=1S/C45H45N5O6/c51-40-19-17-37(38-18-20-42(53)49-43(38)40)41(52)29-46-28-31-7-6-10-33(27-31)44(54)47-34-15-13-30(14-16-34)21-24-50-25-22-35(23-26-50)56-45(55)48-39-12-5-4-11-36(39)32-8-2-1-3-9-32/h1-20,27,35,41,46,51-52H,21-26,28-29H2,(H,47,54)(H,48,55)(H,49,53)/t41-/m1/s1. The van der Waals surface area contributed by atoms with E-state index in [2.05, 4.69) is 25.8 Å². The number of aromatic amines is 1. The number of carbonyl (C=O) groups excluding carboxylic acids is 2. The second-order valence-electron chi connectivity index (χ2n) is 14.0. The SMILES string of the molecule is O=C(Nc1ccccc1-c1ccccc1)OC1CCN(CCc2ccc(NC(=O)c3cccc(CNC[C@@H](O)c4ccc(O)c5[nH]c(=O)ccc45)c3)cc2)CC1. The van der Waals surface area contributed by atoms with Crippen LogP contribution in [0.1, 0.15) is 46.0 Å². The minimum Gasteiger partial charge on any atom is -0.506 e. The Balaban J connectivity index is 0.827. The van der Waals surface area contributed by atoms with E-state index in [1.165, 1.54) is 17.7 Å². The first-order valence-corrected chi connectivity index (χ1v) is 18.9. The summed E-state index contributed by atoms with van der Waals surface area (Å²) in [5.74, 6) is -0.280. The van der Waals surface area contributed by atoms with E-state index in [-0.39, 0.29) is 35.4 Å². The molecule has 1 aliphatic heterocycles. The van der Waals surface area contributed by atoms with Gasteiger partial charge in [0, 0.05) is 61.0 Å². The number of aromatic hydroxyl groups is 1. The van der Waals surface area contributed by atoms with E-state index < -0.39 is 12.2 Å². The highest BCUT2D eigenvalue weighted by atomic mass is 16.6. The second-order valence-corrected chi connectivity index (χ2v) is 14.0. The van der Waals surface area contributed by atoms with Crippen molar-refractivity contribution in [2.75, 3.05) is 36.8 Å². The van der Waals surface area contributed by atoms with E-state index in [4.69, 9.17) is 4.74 Å². The lowest BCUT2D eigenvalue weighted by molar-refractivity contribution is 0.0593. The van der Waals surface area contributed by atoms with Gasteiger partial charge in [0.1, 0.15) is 11.9 Å². The van der Waals surface area contributed by atoms with Crippen LogP contribution < -0.4 is 21.5 Å². The summed E-state index contributed by atoms with van der Waals surface area (Å²) in [6.07, 6.45) is 0.968. The summed E-state index contributed by atoms with van der Waals surface area (Å²) in [6, 6.07) is 38.9. The predicted molar refractivity (Wildman–Crippen MR) is 219 cm³/mol. The van der Waals surface area contributed by atoms with Gasteiger partial charge < -0.3 is 35.5 Å². The number of pyridine rings is 1. The van der Waals surface area contributed by atoms with Crippen molar-refractivity contribution < 1.29 is 24.5 Å². The van der Waals surface area contributed by atoms with Gasteiger partial charge in [0.15, 0.2) is 0 Å². The third-order valence-corrected chi connectivity index (χ3v) is 10.1. The van der Waals surface area contributed by atoms with Gasteiger partial charge in [0.05, 0.1) is 17.3 Å². The van der Waals surface area contributed by atoms with Crippen LogP contribution in [0.2, 0.25) is 0 Å². The second kappa shape index (κ2) is 17.9. The maximum Gasteiger partial charge on any atom is 0.411 e. The van der Waals surface area contributed by atoms with Gasteiger partial charge in [-0.1, -0.05) is 78.9 Å². The minimum absolute atomic E-state index is 0.0612. The van der Waals surface area contributed by atoms with Gasteiger partial charge in [0.25, 0.3) is 5.91 Å². The van der Waals surface area contributed by atoms with Gasteiger partial charge in [-0.15, -0.1) is 0 Å². The highest BCUT2D eigenvalue weighted by Crippen LogP contribution is 2.30. The third-order valence-electron chi connectivity index (χ3n) is 10.1. The zero-order valence-corrected chi connectivity index (χ0v) is 30.9. The minimum atomic E-state index is -0.889. The number of para-hydroxylation sites is 1. The molecule has 1 saturated heterocycles. The molecule has 1 aliphatic rings. The van der Waals surface area contributed by atoms with Crippen LogP contribution in [0.15, 0.2) is 132 Å². The number of aromatic nitrogens is 1. The number of likely N-dealkylation sites (tertiary alicyclic amines) is 1. The van der Waals surface area contributed by atoms with E-state index in [1.807, 2.05) is 97.1 Å². The molecule has 1 aromatic heterocycles. The van der Waals surface area contributed by atoms with Crippen molar-refractivity contribution >= 4 is 34.3 Å². The summed E-state index contributed by atoms with van der Waals surface area (Å²) >= 11 is 0. The summed E-state index contributed by atoms with van der Waals surface area (Å²) < 4.78 is 5.80. The van der Waals surface area contributed by atoms with E-state index >= 15 is 0 Å². The van der Waals surface area contributed by atoms with Gasteiger partial charge in [-0.3, -0.25) is 14.9 Å². The highest BCUT2D eigenvalue weighted by molar-refractivity contribution is 6.04. The molecule has 2 heterocycles. The average molecular weight is 752 g/mol. The van der Waals surface area contributed by atoms with Crippen LogP contribution >= 0.6 is 0 Å². The largest absolute Gasteiger partial charge is 0.506 e. The highest BCUT2D eigenvalue weighted by Gasteiger charge is 2.23. The topological polar surface area (TPSA) is 156 Å². The fraction of sp³-hybridized carbons (Fsp3) is 0.222. The van der Waals surface area contributed by atoms with Crippen molar-refractivity contribution in [3.8, 4) is 16.9 Å². The summed E-state index contributed by atoms with van der Waals surface area (Å²) in [5, 5.41) is 30.7. The van der Waals surface area contributed by atoms with Crippen LogP contribution in [0.4, 0.5) is 16.2 Å². The first-order chi connectivity index (χ1) is 27.3. The first kappa shape index (κ1) is 38.0. The van der Waals surface area contributed by atoms with Crippen LogP contribution in [0, 0.1) is 0 Å².